The van der Waals surface area contributed by atoms with Crippen molar-refractivity contribution >= 4 is 0 Å². The van der Waals surface area contributed by atoms with E-state index in [9.17, 15) is 18.3 Å². The van der Waals surface area contributed by atoms with Crippen LogP contribution >= 0.6 is 0 Å². The van der Waals surface area contributed by atoms with Gasteiger partial charge in [0, 0.05) is 5.56 Å². The van der Waals surface area contributed by atoms with E-state index in [2.05, 4.69) is 4.98 Å². The summed E-state index contributed by atoms with van der Waals surface area (Å²) in [6.45, 7) is 3.41. The summed E-state index contributed by atoms with van der Waals surface area (Å²) in [6, 6.07) is 0.875. The zero-order valence-electron chi connectivity index (χ0n) is 7.76. The Morgan fingerprint density at radius 1 is 1.36 bits per heavy atom. The molecule has 0 radical (unpaired) electrons. The van der Waals surface area contributed by atoms with Crippen LogP contribution in [0, 0.1) is 0 Å². The van der Waals surface area contributed by atoms with Crippen molar-refractivity contribution < 1.29 is 18.3 Å². The summed E-state index contributed by atoms with van der Waals surface area (Å²) in [7, 11) is 0. The molecule has 0 spiro atoms. The Morgan fingerprint density at radius 3 is 2.36 bits per heavy atom. The molecule has 1 rings (SSSR count). The van der Waals surface area contributed by atoms with Gasteiger partial charge in [0.1, 0.15) is 11.4 Å². The molecule has 0 saturated carbocycles. The van der Waals surface area contributed by atoms with Gasteiger partial charge in [0.05, 0.1) is 6.20 Å². The Hall–Kier alpha value is -1.26. The maximum atomic E-state index is 12.2. The molecule has 2 nitrogen and oxygen atoms in total. The van der Waals surface area contributed by atoms with E-state index in [0.29, 0.717) is 0 Å². The van der Waals surface area contributed by atoms with Crippen LogP contribution in [-0.4, -0.2) is 10.1 Å². The van der Waals surface area contributed by atoms with Crippen molar-refractivity contribution in [3.63, 3.8) is 0 Å². The lowest BCUT2D eigenvalue weighted by atomic mass is 10.0. The lowest BCUT2D eigenvalue weighted by Gasteiger charge is -2.11. The smallest absolute Gasteiger partial charge is 0.433 e. The number of aromatic nitrogens is 1. The van der Waals surface area contributed by atoms with Crippen LogP contribution in [0.15, 0.2) is 12.3 Å². The fraction of sp³-hybridized carbons (Fsp3) is 0.444. The van der Waals surface area contributed by atoms with Gasteiger partial charge in [-0.1, -0.05) is 13.8 Å². The Morgan fingerprint density at radius 2 is 1.93 bits per heavy atom. The quantitative estimate of drug-likeness (QED) is 0.764. The van der Waals surface area contributed by atoms with Crippen LogP contribution in [0.3, 0.4) is 0 Å². The van der Waals surface area contributed by atoms with Gasteiger partial charge in [-0.2, -0.15) is 13.2 Å². The molecule has 5 heteroatoms. The van der Waals surface area contributed by atoms with Crippen LogP contribution in [0.4, 0.5) is 13.2 Å². The van der Waals surface area contributed by atoms with Crippen molar-refractivity contribution in [1.29, 1.82) is 0 Å². The predicted molar refractivity (Wildman–Crippen MR) is 45.0 cm³/mol. The number of alkyl halides is 3. The number of hydrogen-bond acceptors (Lipinski definition) is 2. The molecule has 1 aromatic heterocycles. The Bertz CT molecular complexity index is 333. The molecule has 0 aromatic carbocycles. The summed E-state index contributed by atoms with van der Waals surface area (Å²) < 4.78 is 36.7. The highest BCUT2D eigenvalue weighted by atomic mass is 19.4. The third kappa shape index (κ3) is 2.16. The first-order valence-corrected chi connectivity index (χ1v) is 4.08. The van der Waals surface area contributed by atoms with Crippen molar-refractivity contribution in [3.8, 4) is 5.75 Å². The van der Waals surface area contributed by atoms with Gasteiger partial charge in [-0.15, -0.1) is 0 Å². The molecular formula is C9H10F3NO. The van der Waals surface area contributed by atoms with Gasteiger partial charge in [0.15, 0.2) is 0 Å². The molecular weight excluding hydrogens is 195 g/mol. The summed E-state index contributed by atoms with van der Waals surface area (Å²) in [5.74, 6) is -0.368. The van der Waals surface area contributed by atoms with E-state index in [1.54, 1.807) is 13.8 Å². The monoisotopic (exact) mass is 205 g/mol. The van der Waals surface area contributed by atoms with Gasteiger partial charge >= 0.3 is 6.18 Å². The SMILES string of the molecule is CC(C)c1cc(C(F)(F)F)ncc1O. The molecule has 0 atom stereocenters. The molecule has 1 N–H and O–H groups in total. The van der Waals surface area contributed by atoms with Gasteiger partial charge < -0.3 is 5.11 Å². The molecule has 0 aliphatic carbocycles. The van der Waals surface area contributed by atoms with Crippen LogP contribution in [0.2, 0.25) is 0 Å². The average Bonchev–Trinajstić information content (AvgIpc) is 2.02. The van der Waals surface area contributed by atoms with Gasteiger partial charge in [-0.05, 0) is 12.0 Å². The van der Waals surface area contributed by atoms with Crippen molar-refractivity contribution in [1.82, 2.24) is 4.98 Å². The first-order valence-electron chi connectivity index (χ1n) is 4.08. The zero-order valence-corrected chi connectivity index (χ0v) is 7.76. The maximum absolute atomic E-state index is 12.2. The molecule has 1 aromatic rings. The molecule has 0 saturated heterocycles. The van der Waals surface area contributed by atoms with Crippen LogP contribution in [0.1, 0.15) is 31.0 Å². The fourth-order valence-electron chi connectivity index (χ4n) is 1.08. The largest absolute Gasteiger partial charge is 0.506 e. The van der Waals surface area contributed by atoms with E-state index < -0.39 is 11.9 Å². The second-order valence-corrected chi connectivity index (χ2v) is 3.28. The topological polar surface area (TPSA) is 33.1 Å². The van der Waals surface area contributed by atoms with Crippen molar-refractivity contribution in [3.05, 3.63) is 23.5 Å². The minimum atomic E-state index is -4.46. The van der Waals surface area contributed by atoms with E-state index >= 15 is 0 Å². The maximum Gasteiger partial charge on any atom is 0.433 e. The number of nitrogens with zero attached hydrogens (tertiary/aromatic N) is 1. The van der Waals surface area contributed by atoms with Crippen LogP contribution in [0.25, 0.3) is 0 Å². The van der Waals surface area contributed by atoms with E-state index in [1.807, 2.05) is 0 Å². The fourth-order valence-corrected chi connectivity index (χ4v) is 1.08. The minimum absolute atomic E-state index is 0.168. The molecule has 0 aliphatic rings. The number of pyridine rings is 1. The summed E-state index contributed by atoms with van der Waals surface area (Å²) in [5, 5.41) is 9.24. The predicted octanol–water partition coefficient (Wildman–Crippen LogP) is 2.93. The number of rotatable bonds is 1. The Balaban J connectivity index is 3.20. The lowest BCUT2D eigenvalue weighted by molar-refractivity contribution is -0.141. The highest BCUT2D eigenvalue weighted by Crippen LogP contribution is 2.32. The van der Waals surface area contributed by atoms with Crippen LogP contribution in [0.5, 0.6) is 5.75 Å². The van der Waals surface area contributed by atoms with Crippen LogP contribution in [-0.2, 0) is 6.18 Å². The molecule has 0 amide bonds. The second kappa shape index (κ2) is 3.48. The molecule has 0 unspecified atom stereocenters. The van der Waals surface area contributed by atoms with Crippen LogP contribution < -0.4 is 0 Å². The van der Waals surface area contributed by atoms with E-state index in [0.717, 1.165) is 12.3 Å². The lowest BCUT2D eigenvalue weighted by Crippen LogP contribution is -2.08. The second-order valence-electron chi connectivity index (χ2n) is 3.28. The first-order chi connectivity index (χ1) is 6.32. The first kappa shape index (κ1) is 10.8. The highest BCUT2D eigenvalue weighted by molar-refractivity contribution is 5.34. The molecule has 14 heavy (non-hydrogen) atoms. The summed E-state index contributed by atoms with van der Waals surface area (Å²) in [6.07, 6.45) is -3.63. The third-order valence-corrected chi connectivity index (χ3v) is 1.83. The molecule has 0 aliphatic heterocycles. The summed E-state index contributed by atoms with van der Waals surface area (Å²) >= 11 is 0. The molecule has 0 fully saturated rings. The number of hydrogen-bond donors (Lipinski definition) is 1. The van der Waals surface area contributed by atoms with E-state index in [-0.39, 0.29) is 17.2 Å². The molecule has 78 valence electrons. The Kier molecular flexibility index (Phi) is 2.69. The van der Waals surface area contributed by atoms with Crippen molar-refractivity contribution in [2.45, 2.75) is 25.9 Å². The normalized spacial score (nSPS) is 12.1. The zero-order chi connectivity index (χ0) is 10.9. The summed E-state index contributed by atoms with van der Waals surface area (Å²) in [5.41, 5.74) is -0.716. The van der Waals surface area contributed by atoms with Gasteiger partial charge in [-0.3, -0.25) is 0 Å². The van der Waals surface area contributed by atoms with E-state index in [4.69, 9.17) is 0 Å². The highest BCUT2D eigenvalue weighted by Gasteiger charge is 2.33. The van der Waals surface area contributed by atoms with Gasteiger partial charge in [0.25, 0.3) is 0 Å². The number of halogens is 3. The standard InChI is InChI=1S/C9H10F3NO/c1-5(2)6-3-8(9(10,11)12)13-4-7(6)14/h3-5,14H,1-2H3. The van der Waals surface area contributed by atoms with Crippen molar-refractivity contribution in [2.75, 3.05) is 0 Å². The van der Waals surface area contributed by atoms with Gasteiger partial charge in [0.2, 0.25) is 0 Å². The van der Waals surface area contributed by atoms with E-state index in [1.165, 1.54) is 0 Å². The third-order valence-electron chi connectivity index (χ3n) is 1.83. The average molecular weight is 205 g/mol. The number of aromatic hydroxyl groups is 1. The molecule has 1 heterocycles. The van der Waals surface area contributed by atoms with Gasteiger partial charge in [-0.25, -0.2) is 4.98 Å². The Labute approximate surface area is 79.4 Å². The molecule has 0 bridgehead atoms. The van der Waals surface area contributed by atoms with Crippen molar-refractivity contribution in [2.24, 2.45) is 0 Å². The minimum Gasteiger partial charge on any atom is -0.506 e. The summed E-state index contributed by atoms with van der Waals surface area (Å²) in [4.78, 5) is 3.12.